The molecule has 4 heteroatoms. The SMILES string of the molecule is c1ccc(-c2ccc(-c3nc(-c4ccc(-c5ccccc5)cc4)nc(-c4cccc(-c5ccc6c(c5)ncc5ccccc56)c4)n3)cc2)cc1. The Morgan fingerprint density at radius 1 is 0.280 bits per heavy atom. The van der Waals surface area contributed by atoms with Gasteiger partial charge in [-0.2, -0.15) is 0 Å². The minimum atomic E-state index is 0.621. The van der Waals surface area contributed by atoms with Gasteiger partial charge in [0, 0.05) is 33.7 Å². The second-order valence-corrected chi connectivity index (χ2v) is 12.4. The minimum absolute atomic E-state index is 0.621. The highest BCUT2D eigenvalue weighted by molar-refractivity contribution is 6.06. The molecule has 0 aliphatic rings. The number of pyridine rings is 1. The van der Waals surface area contributed by atoms with Crippen LogP contribution in [-0.2, 0) is 0 Å². The third-order valence-electron chi connectivity index (χ3n) is 9.18. The molecule has 9 aromatic rings. The van der Waals surface area contributed by atoms with Crippen molar-refractivity contribution in [1.82, 2.24) is 19.9 Å². The summed E-state index contributed by atoms with van der Waals surface area (Å²) in [6.45, 7) is 0. The standard InChI is InChI=1S/C46H30N4/c1-3-10-31(11-4-1)33-18-22-35(23-19-33)44-48-45(36-24-20-34(21-25-36)32-12-5-2-6-13-32)50-46(49-44)39-16-9-15-37(28-39)38-26-27-42-41-17-8-7-14-40(41)30-47-43(42)29-38/h1-30H. The van der Waals surface area contributed by atoms with Crippen LogP contribution in [0.1, 0.15) is 0 Å². The Labute approximate surface area is 290 Å². The van der Waals surface area contributed by atoms with E-state index in [2.05, 4.69) is 158 Å². The fourth-order valence-electron chi connectivity index (χ4n) is 6.53. The molecule has 0 unspecified atom stereocenters. The summed E-state index contributed by atoms with van der Waals surface area (Å²) in [7, 11) is 0. The van der Waals surface area contributed by atoms with Gasteiger partial charge in [-0.05, 0) is 50.9 Å². The maximum absolute atomic E-state index is 5.05. The van der Waals surface area contributed by atoms with Gasteiger partial charge in [0.1, 0.15) is 0 Å². The third kappa shape index (κ3) is 5.69. The zero-order valence-corrected chi connectivity index (χ0v) is 27.1. The Balaban J connectivity index is 1.13. The van der Waals surface area contributed by atoms with Crippen LogP contribution in [0.2, 0.25) is 0 Å². The highest BCUT2D eigenvalue weighted by Crippen LogP contribution is 2.32. The molecule has 0 spiro atoms. The van der Waals surface area contributed by atoms with Crippen molar-refractivity contribution >= 4 is 21.7 Å². The van der Waals surface area contributed by atoms with Crippen molar-refractivity contribution < 1.29 is 0 Å². The molecule has 0 atom stereocenters. The average Bonchev–Trinajstić information content (AvgIpc) is 3.21. The van der Waals surface area contributed by atoms with Crippen molar-refractivity contribution in [2.45, 2.75) is 0 Å². The van der Waals surface area contributed by atoms with Crippen molar-refractivity contribution in [2.24, 2.45) is 0 Å². The van der Waals surface area contributed by atoms with Gasteiger partial charge in [-0.3, -0.25) is 4.98 Å². The lowest BCUT2D eigenvalue weighted by Crippen LogP contribution is -2.00. The Kier molecular flexibility index (Phi) is 7.45. The monoisotopic (exact) mass is 638 g/mol. The molecule has 0 amide bonds. The molecule has 0 saturated carbocycles. The molecule has 2 heterocycles. The fraction of sp³-hybridized carbons (Fsp3) is 0. The largest absolute Gasteiger partial charge is 0.256 e. The van der Waals surface area contributed by atoms with Crippen LogP contribution in [0, 0.1) is 0 Å². The molecule has 0 radical (unpaired) electrons. The maximum atomic E-state index is 5.05. The third-order valence-corrected chi connectivity index (χ3v) is 9.18. The first-order chi connectivity index (χ1) is 24.7. The molecule has 0 aliphatic carbocycles. The van der Waals surface area contributed by atoms with E-state index in [1.165, 1.54) is 16.5 Å². The first-order valence-corrected chi connectivity index (χ1v) is 16.7. The van der Waals surface area contributed by atoms with Crippen LogP contribution in [-0.4, -0.2) is 19.9 Å². The molecule has 0 aliphatic heterocycles. The number of benzene rings is 7. The van der Waals surface area contributed by atoms with Gasteiger partial charge in [0.05, 0.1) is 5.52 Å². The van der Waals surface area contributed by atoms with Gasteiger partial charge < -0.3 is 0 Å². The normalized spacial score (nSPS) is 11.2. The fourth-order valence-corrected chi connectivity index (χ4v) is 6.53. The Hall–Kier alpha value is -6.78. The lowest BCUT2D eigenvalue weighted by atomic mass is 9.99. The quantitative estimate of drug-likeness (QED) is 0.170. The van der Waals surface area contributed by atoms with Gasteiger partial charge in [-0.25, -0.2) is 15.0 Å². The van der Waals surface area contributed by atoms with E-state index in [-0.39, 0.29) is 0 Å². The molecule has 4 nitrogen and oxygen atoms in total. The van der Waals surface area contributed by atoms with E-state index in [0.717, 1.165) is 55.2 Å². The molecule has 0 bridgehead atoms. The Bertz CT molecular complexity index is 2510. The first-order valence-electron chi connectivity index (χ1n) is 16.7. The van der Waals surface area contributed by atoms with E-state index in [1.807, 2.05) is 24.4 Å². The molecule has 7 aromatic carbocycles. The molecular weight excluding hydrogens is 609 g/mol. The zero-order valence-electron chi connectivity index (χ0n) is 27.1. The van der Waals surface area contributed by atoms with Crippen LogP contribution in [0.25, 0.3) is 89.2 Å². The van der Waals surface area contributed by atoms with Gasteiger partial charge in [0.25, 0.3) is 0 Å². The van der Waals surface area contributed by atoms with E-state index in [0.29, 0.717) is 17.5 Å². The van der Waals surface area contributed by atoms with Crippen molar-refractivity contribution in [1.29, 1.82) is 0 Å². The summed E-state index contributed by atoms with van der Waals surface area (Å²) in [5, 5.41) is 3.49. The number of hydrogen-bond acceptors (Lipinski definition) is 4. The lowest BCUT2D eigenvalue weighted by molar-refractivity contribution is 1.07. The zero-order chi connectivity index (χ0) is 33.3. The topological polar surface area (TPSA) is 51.6 Å². The van der Waals surface area contributed by atoms with E-state index >= 15 is 0 Å². The minimum Gasteiger partial charge on any atom is -0.256 e. The van der Waals surface area contributed by atoms with Crippen LogP contribution < -0.4 is 0 Å². The molecule has 2 aromatic heterocycles. The van der Waals surface area contributed by atoms with E-state index in [4.69, 9.17) is 19.9 Å². The van der Waals surface area contributed by atoms with Crippen molar-refractivity contribution in [3.63, 3.8) is 0 Å². The summed E-state index contributed by atoms with van der Waals surface area (Å²) in [6, 6.07) is 60.9. The van der Waals surface area contributed by atoms with E-state index < -0.39 is 0 Å². The summed E-state index contributed by atoms with van der Waals surface area (Å²) in [6.07, 6.45) is 1.95. The summed E-state index contributed by atoms with van der Waals surface area (Å²) >= 11 is 0. The second kappa shape index (κ2) is 12.7. The van der Waals surface area contributed by atoms with Crippen molar-refractivity contribution in [3.8, 4) is 67.5 Å². The summed E-state index contributed by atoms with van der Waals surface area (Å²) in [4.78, 5) is 19.9. The lowest BCUT2D eigenvalue weighted by Gasteiger charge is -2.11. The Morgan fingerprint density at radius 3 is 1.34 bits per heavy atom. The molecule has 0 saturated heterocycles. The maximum Gasteiger partial charge on any atom is 0.164 e. The van der Waals surface area contributed by atoms with Crippen molar-refractivity contribution in [3.05, 3.63) is 182 Å². The van der Waals surface area contributed by atoms with Gasteiger partial charge in [0.15, 0.2) is 17.5 Å². The van der Waals surface area contributed by atoms with Crippen LogP contribution in [0.3, 0.4) is 0 Å². The summed E-state index contributed by atoms with van der Waals surface area (Å²) < 4.78 is 0. The number of fused-ring (bicyclic) bond motifs is 3. The predicted molar refractivity (Wildman–Crippen MR) is 205 cm³/mol. The molecular formula is C46H30N4. The van der Waals surface area contributed by atoms with Crippen molar-refractivity contribution in [2.75, 3.05) is 0 Å². The summed E-state index contributed by atoms with van der Waals surface area (Å²) in [5.74, 6) is 1.88. The molecule has 9 rings (SSSR count). The number of nitrogens with zero attached hydrogens (tertiary/aromatic N) is 4. The van der Waals surface area contributed by atoms with Gasteiger partial charge in [-0.1, -0.05) is 164 Å². The highest BCUT2D eigenvalue weighted by Gasteiger charge is 2.14. The van der Waals surface area contributed by atoms with Crippen LogP contribution in [0.4, 0.5) is 0 Å². The molecule has 0 N–H and O–H groups in total. The smallest absolute Gasteiger partial charge is 0.164 e. The van der Waals surface area contributed by atoms with Crippen LogP contribution >= 0.6 is 0 Å². The Morgan fingerprint density at radius 2 is 0.720 bits per heavy atom. The second-order valence-electron chi connectivity index (χ2n) is 12.4. The van der Waals surface area contributed by atoms with Crippen LogP contribution in [0.15, 0.2) is 182 Å². The molecule has 234 valence electrons. The highest BCUT2D eigenvalue weighted by atomic mass is 15.0. The number of aromatic nitrogens is 4. The first kappa shape index (κ1) is 29.4. The molecule has 50 heavy (non-hydrogen) atoms. The van der Waals surface area contributed by atoms with Gasteiger partial charge >= 0.3 is 0 Å². The number of rotatable bonds is 6. The van der Waals surface area contributed by atoms with E-state index in [9.17, 15) is 0 Å². The predicted octanol–water partition coefficient (Wildman–Crippen LogP) is 11.6. The van der Waals surface area contributed by atoms with Gasteiger partial charge in [0.2, 0.25) is 0 Å². The van der Waals surface area contributed by atoms with Gasteiger partial charge in [-0.15, -0.1) is 0 Å². The van der Waals surface area contributed by atoms with E-state index in [1.54, 1.807) is 0 Å². The number of hydrogen-bond donors (Lipinski definition) is 0. The average molecular weight is 639 g/mol. The molecule has 0 fully saturated rings. The summed E-state index contributed by atoms with van der Waals surface area (Å²) in [5.41, 5.74) is 10.5. The van der Waals surface area contributed by atoms with Crippen LogP contribution in [0.5, 0.6) is 0 Å².